The highest BCUT2D eigenvalue weighted by molar-refractivity contribution is 5.83. The van der Waals surface area contributed by atoms with Crippen LogP contribution in [0.2, 0.25) is 0 Å². The molecule has 2 saturated carbocycles. The molecule has 1 aliphatic heterocycles. The van der Waals surface area contributed by atoms with Gasteiger partial charge in [-0.3, -0.25) is 10.1 Å². The second kappa shape index (κ2) is 4.84. The third kappa shape index (κ3) is 2.29. The van der Waals surface area contributed by atoms with Gasteiger partial charge < -0.3 is 4.90 Å². The van der Waals surface area contributed by atoms with Crippen LogP contribution in [0.4, 0.5) is 0 Å². The summed E-state index contributed by atoms with van der Waals surface area (Å²) in [5.41, 5.74) is 0. The number of rotatable bonds is 4. The molecule has 2 aliphatic carbocycles. The van der Waals surface area contributed by atoms with Crippen LogP contribution in [0, 0.1) is 23.7 Å². The topological polar surface area (TPSA) is 32.3 Å². The number of fused-ring (bicyclic) bond motifs is 2. The van der Waals surface area contributed by atoms with Gasteiger partial charge in [0.25, 0.3) is 0 Å². The second-order valence-electron chi connectivity index (χ2n) is 7.04. The fourth-order valence-electron chi connectivity index (χ4n) is 4.30. The maximum atomic E-state index is 12.3. The summed E-state index contributed by atoms with van der Waals surface area (Å²) in [6, 6.07) is 0.0867. The first kappa shape index (κ1) is 12.5. The minimum absolute atomic E-state index is 0.0867. The monoisotopic (exact) mass is 250 g/mol. The van der Waals surface area contributed by atoms with E-state index >= 15 is 0 Å². The fourth-order valence-corrected chi connectivity index (χ4v) is 4.30. The second-order valence-corrected chi connectivity index (χ2v) is 7.04. The molecular weight excluding hydrogens is 224 g/mol. The molecule has 4 unspecified atom stereocenters. The van der Waals surface area contributed by atoms with Crippen LogP contribution >= 0.6 is 0 Å². The van der Waals surface area contributed by atoms with Gasteiger partial charge >= 0.3 is 0 Å². The quantitative estimate of drug-likeness (QED) is 0.830. The largest absolute Gasteiger partial charge is 0.328 e. The van der Waals surface area contributed by atoms with Crippen LogP contribution in [0.5, 0.6) is 0 Å². The van der Waals surface area contributed by atoms with Crippen molar-refractivity contribution in [2.45, 2.75) is 52.0 Å². The molecule has 3 nitrogen and oxygen atoms in total. The van der Waals surface area contributed by atoms with E-state index in [1.165, 1.54) is 25.7 Å². The molecule has 0 aromatic rings. The Kier molecular flexibility index (Phi) is 3.35. The van der Waals surface area contributed by atoms with Gasteiger partial charge in [-0.2, -0.15) is 0 Å². The summed E-state index contributed by atoms with van der Waals surface area (Å²) in [5.74, 6) is 3.65. The van der Waals surface area contributed by atoms with E-state index in [2.05, 4.69) is 24.1 Å². The van der Waals surface area contributed by atoms with Crippen LogP contribution in [0.15, 0.2) is 0 Å². The van der Waals surface area contributed by atoms with Gasteiger partial charge in [0.05, 0.1) is 12.7 Å². The molecule has 4 atom stereocenters. The van der Waals surface area contributed by atoms with Crippen LogP contribution in [-0.2, 0) is 4.79 Å². The van der Waals surface area contributed by atoms with E-state index in [4.69, 9.17) is 0 Å². The lowest BCUT2D eigenvalue weighted by Gasteiger charge is -2.26. The molecule has 2 bridgehead atoms. The molecule has 3 fully saturated rings. The molecule has 1 heterocycles. The van der Waals surface area contributed by atoms with E-state index in [1.54, 1.807) is 0 Å². The first-order valence-electron chi connectivity index (χ1n) is 7.65. The highest BCUT2D eigenvalue weighted by atomic mass is 16.2. The number of nitrogens with zero attached hydrogens (tertiary/aromatic N) is 1. The van der Waals surface area contributed by atoms with E-state index in [9.17, 15) is 4.79 Å². The van der Waals surface area contributed by atoms with Gasteiger partial charge in [0.1, 0.15) is 0 Å². The summed E-state index contributed by atoms with van der Waals surface area (Å²) in [6.07, 6.45) is 6.66. The summed E-state index contributed by atoms with van der Waals surface area (Å²) < 4.78 is 0. The van der Waals surface area contributed by atoms with Gasteiger partial charge in [0.2, 0.25) is 5.91 Å². The predicted molar refractivity (Wildman–Crippen MR) is 71.9 cm³/mol. The highest BCUT2D eigenvalue weighted by Gasteiger charge is 2.42. The average Bonchev–Trinajstić information content (AvgIpc) is 2.99. The van der Waals surface area contributed by atoms with E-state index in [-0.39, 0.29) is 6.04 Å². The van der Waals surface area contributed by atoms with Crippen LogP contribution in [0.3, 0.4) is 0 Å². The zero-order chi connectivity index (χ0) is 12.7. The molecule has 1 saturated heterocycles. The first-order valence-corrected chi connectivity index (χ1v) is 7.65. The van der Waals surface area contributed by atoms with E-state index in [0.29, 0.717) is 11.8 Å². The minimum atomic E-state index is 0.0867. The smallest absolute Gasteiger partial charge is 0.240 e. The number of carbonyl (C=O) groups is 1. The number of amides is 1. The Morgan fingerprint density at radius 2 is 2.17 bits per heavy atom. The minimum Gasteiger partial charge on any atom is -0.328 e. The molecule has 0 radical (unpaired) electrons. The van der Waals surface area contributed by atoms with Crippen LogP contribution in [0.25, 0.3) is 0 Å². The van der Waals surface area contributed by atoms with Gasteiger partial charge in [-0.15, -0.1) is 0 Å². The molecule has 3 aliphatic rings. The lowest BCUT2D eigenvalue weighted by atomic mass is 9.88. The van der Waals surface area contributed by atoms with Crippen molar-refractivity contribution in [1.82, 2.24) is 10.2 Å². The zero-order valence-corrected chi connectivity index (χ0v) is 11.7. The Balaban J connectivity index is 1.53. The lowest BCUT2D eigenvalue weighted by molar-refractivity contribution is -0.129. The normalized spacial score (nSPS) is 39.3. The van der Waals surface area contributed by atoms with Gasteiger partial charge in [0, 0.05) is 6.54 Å². The van der Waals surface area contributed by atoms with Crippen LogP contribution in [-0.4, -0.2) is 30.1 Å². The maximum Gasteiger partial charge on any atom is 0.240 e. The first-order chi connectivity index (χ1) is 8.63. The van der Waals surface area contributed by atoms with E-state index < -0.39 is 0 Å². The van der Waals surface area contributed by atoms with Crippen molar-refractivity contribution in [3.05, 3.63) is 0 Å². The van der Waals surface area contributed by atoms with Crippen molar-refractivity contribution >= 4 is 5.91 Å². The maximum absolute atomic E-state index is 12.3. The highest BCUT2D eigenvalue weighted by Crippen LogP contribution is 2.48. The number of hydrogen-bond donors (Lipinski definition) is 1. The van der Waals surface area contributed by atoms with Crippen LogP contribution < -0.4 is 5.32 Å². The number of hydrogen-bond acceptors (Lipinski definition) is 2. The Bertz CT molecular complexity index is 328. The summed E-state index contributed by atoms with van der Waals surface area (Å²) in [4.78, 5) is 14.4. The fraction of sp³-hybridized carbons (Fsp3) is 0.933. The third-order valence-electron chi connectivity index (χ3n) is 5.18. The van der Waals surface area contributed by atoms with E-state index in [0.717, 1.165) is 37.4 Å². The number of nitrogens with one attached hydrogen (secondary N) is 1. The molecule has 18 heavy (non-hydrogen) atoms. The summed E-state index contributed by atoms with van der Waals surface area (Å²) in [7, 11) is 0. The molecular formula is C15H26N2O. The van der Waals surface area contributed by atoms with Crippen molar-refractivity contribution in [2.75, 3.05) is 13.2 Å². The Morgan fingerprint density at radius 3 is 2.78 bits per heavy atom. The zero-order valence-electron chi connectivity index (χ0n) is 11.7. The standard InChI is InChI=1S/C15H26N2O/c1-10(2)5-14-15(18)17(9-16-14)8-13-7-11-3-4-12(13)6-11/h10-14,16H,3-9H2,1-2H3. The third-order valence-corrected chi connectivity index (χ3v) is 5.18. The Hall–Kier alpha value is -0.570. The SMILES string of the molecule is CC(C)CC1NCN(CC2CC3CCC2C3)C1=O. The molecule has 1 N–H and O–H groups in total. The molecule has 1 amide bonds. The van der Waals surface area contributed by atoms with Gasteiger partial charge in [-0.25, -0.2) is 0 Å². The van der Waals surface area contributed by atoms with Crippen molar-refractivity contribution in [1.29, 1.82) is 0 Å². The van der Waals surface area contributed by atoms with Gasteiger partial charge in [0.15, 0.2) is 0 Å². The predicted octanol–water partition coefficient (Wildman–Crippen LogP) is 2.23. The molecule has 3 rings (SSSR count). The average molecular weight is 250 g/mol. The molecule has 0 aromatic heterocycles. The van der Waals surface area contributed by atoms with Crippen molar-refractivity contribution in [3.8, 4) is 0 Å². The molecule has 3 heteroatoms. The van der Waals surface area contributed by atoms with Crippen LogP contribution in [0.1, 0.15) is 46.0 Å². The molecule has 0 aromatic carbocycles. The summed E-state index contributed by atoms with van der Waals surface area (Å²) in [5, 5.41) is 3.38. The van der Waals surface area contributed by atoms with Gasteiger partial charge in [-0.05, 0) is 49.4 Å². The Morgan fingerprint density at radius 1 is 1.33 bits per heavy atom. The summed E-state index contributed by atoms with van der Waals surface area (Å²) in [6.45, 7) is 6.17. The molecule has 0 spiro atoms. The summed E-state index contributed by atoms with van der Waals surface area (Å²) >= 11 is 0. The Labute approximate surface area is 110 Å². The number of carbonyl (C=O) groups excluding carboxylic acids is 1. The van der Waals surface area contributed by atoms with Crippen molar-refractivity contribution < 1.29 is 4.79 Å². The van der Waals surface area contributed by atoms with Crippen molar-refractivity contribution in [2.24, 2.45) is 23.7 Å². The van der Waals surface area contributed by atoms with Crippen molar-refractivity contribution in [3.63, 3.8) is 0 Å². The van der Waals surface area contributed by atoms with E-state index in [1.807, 2.05) is 0 Å². The van der Waals surface area contributed by atoms with Gasteiger partial charge in [-0.1, -0.05) is 20.3 Å². The lowest BCUT2D eigenvalue weighted by Crippen LogP contribution is -2.35. The molecule has 102 valence electrons.